The first-order valence-electron chi connectivity index (χ1n) is 8.25. The zero-order valence-corrected chi connectivity index (χ0v) is 13.7. The Morgan fingerprint density at radius 3 is 2.57 bits per heavy atom. The van der Waals surface area contributed by atoms with Crippen LogP contribution in [0.4, 0.5) is 0 Å². The van der Waals surface area contributed by atoms with Gasteiger partial charge in [-0.2, -0.15) is 0 Å². The van der Waals surface area contributed by atoms with E-state index in [-0.39, 0.29) is 17.9 Å². The van der Waals surface area contributed by atoms with Crippen molar-refractivity contribution in [2.75, 3.05) is 13.1 Å². The Balaban J connectivity index is 1.68. The summed E-state index contributed by atoms with van der Waals surface area (Å²) in [5.41, 5.74) is 1.80. The molecule has 0 bridgehead atoms. The van der Waals surface area contributed by atoms with E-state index in [1.54, 1.807) is 0 Å². The largest absolute Gasteiger partial charge is 0.391 e. The molecule has 2 amide bonds. The van der Waals surface area contributed by atoms with Gasteiger partial charge in [0.15, 0.2) is 0 Å². The van der Waals surface area contributed by atoms with Crippen molar-refractivity contribution in [3.05, 3.63) is 35.4 Å². The summed E-state index contributed by atoms with van der Waals surface area (Å²) >= 11 is 0. The van der Waals surface area contributed by atoms with Gasteiger partial charge in [0.1, 0.15) is 0 Å². The van der Waals surface area contributed by atoms with Crippen LogP contribution in [-0.4, -0.2) is 47.1 Å². The first-order valence-corrected chi connectivity index (χ1v) is 8.25. The molecule has 2 N–H and O–H groups in total. The van der Waals surface area contributed by atoms with Crippen LogP contribution >= 0.6 is 0 Å². The average Bonchev–Trinajstić information content (AvgIpc) is 2.89. The number of hydrogen-bond donors (Lipinski definition) is 2. The third kappa shape index (κ3) is 3.39. The fraction of sp³-hybridized carbons (Fsp3) is 0.556. The standard InChI is InChI=1S/C18H24N2O3/c1-11-4-3-5-13(6-11)18(23)20-9-14-7-16(19-12(2)21)17(22)8-15(14)10-20/h3-6,14-17,22H,7-10H2,1-2H3,(H,19,21)/t14-,15+,16-,17-/m1/s1. The van der Waals surface area contributed by atoms with Gasteiger partial charge < -0.3 is 15.3 Å². The van der Waals surface area contributed by atoms with E-state index in [9.17, 15) is 14.7 Å². The van der Waals surface area contributed by atoms with Gasteiger partial charge in [-0.15, -0.1) is 0 Å². The predicted molar refractivity (Wildman–Crippen MR) is 86.9 cm³/mol. The highest BCUT2D eigenvalue weighted by Gasteiger charge is 2.43. The summed E-state index contributed by atoms with van der Waals surface area (Å²) in [4.78, 5) is 25.8. The van der Waals surface area contributed by atoms with Crippen LogP contribution < -0.4 is 5.32 Å². The highest BCUT2D eigenvalue weighted by atomic mass is 16.3. The minimum absolute atomic E-state index is 0.0636. The van der Waals surface area contributed by atoms with Gasteiger partial charge in [0, 0.05) is 25.6 Å². The number of carbonyl (C=O) groups is 2. The van der Waals surface area contributed by atoms with Crippen LogP contribution in [0, 0.1) is 18.8 Å². The molecule has 2 fully saturated rings. The monoisotopic (exact) mass is 316 g/mol. The second-order valence-corrected chi connectivity index (χ2v) is 6.95. The zero-order chi connectivity index (χ0) is 16.6. The molecule has 23 heavy (non-hydrogen) atoms. The Morgan fingerprint density at radius 2 is 1.91 bits per heavy atom. The molecule has 1 aromatic rings. The van der Waals surface area contributed by atoms with Gasteiger partial charge in [0.05, 0.1) is 12.1 Å². The summed E-state index contributed by atoms with van der Waals surface area (Å²) in [5.74, 6) is 0.625. The molecule has 5 heteroatoms. The SMILES string of the molecule is CC(=O)N[C@@H]1C[C@@H]2CN(C(=O)c3cccc(C)c3)C[C@@H]2C[C@H]1O. The Kier molecular flexibility index (Phi) is 4.39. The molecule has 1 aliphatic heterocycles. The lowest BCUT2D eigenvalue weighted by molar-refractivity contribution is -0.121. The molecule has 5 nitrogen and oxygen atoms in total. The number of nitrogens with zero attached hydrogens (tertiary/aromatic N) is 1. The Labute approximate surface area is 136 Å². The minimum Gasteiger partial charge on any atom is -0.391 e. The van der Waals surface area contributed by atoms with Crippen molar-refractivity contribution in [2.45, 2.75) is 38.8 Å². The van der Waals surface area contributed by atoms with Crippen molar-refractivity contribution >= 4 is 11.8 Å². The fourth-order valence-corrected chi connectivity index (χ4v) is 3.97. The molecule has 1 saturated carbocycles. The van der Waals surface area contributed by atoms with E-state index < -0.39 is 6.10 Å². The lowest BCUT2D eigenvalue weighted by Gasteiger charge is -2.35. The topological polar surface area (TPSA) is 69.6 Å². The van der Waals surface area contributed by atoms with Gasteiger partial charge in [-0.1, -0.05) is 17.7 Å². The zero-order valence-electron chi connectivity index (χ0n) is 13.7. The van der Waals surface area contributed by atoms with Gasteiger partial charge in [-0.25, -0.2) is 0 Å². The van der Waals surface area contributed by atoms with Crippen LogP contribution in [0.25, 0.3) is 0 Å². The molecule has 1 saturated heterocycles. The number of fused-ring (bicyclic) bond motifs is 1. The number of amides is 2. The Hall–Kier alpha value is -1.88. The fourth-order valence-electron chi connectivity index (χ4n) is 3.97. The quantitative estimate of drug-likeness (QED) is 0.865. The Morgan fingerprint density at radius 1 is 1.22 bits per heavy atom. The van der Waals surface area contributed by atoms with Gasteiger partial charge >= 0.3 is 0 Å². The van der Waals surface area contributed by atoms with Gasteiger partial charge in [0.2, 0.25) is 5.91 Å². The predicted octanol–water partition coefficient (Wildman–Crippen LogP) is 1.34. The number of aliphatic hydroxyl groups excluding tert-OH is 1. The average molecular weight is 316 g/mol. The highest BCUT2D eigenvalue weighted by molar-refractivity contribution is 5.94. The second kappa shape index (κ2) is 6.32. The molecular weight excluding hydrogens is 292 g/mol. The maximum atomic E-state index is 12.7. The number of carbonyl (C=O) groups excluding carboxylic acids is 2. The first-order chi connectivity index (χ1) is 10.9. The number of benzene rings is 1. The van der Waals surface area contributed by atoms with E-state index >= 15 is 0 Å². The highest BCUT2D eigenvalue weighted by Crippen LogP contribution is 2.37. The summed E-state index contributed by atoms with van der Waals surface area (Å²) in [6.07, 6.45) is 0.866. The maximum Gasteiger partial charge on any atom is 0.253 e. The molecule has 4 atom stereocenters. The van der Waals surface area contributed by atoms with Crippen molar-refractivity contribution in [1.29, 1.82) is 0 Å². The lowest BCUT2D eigenvalue weighted by atomic mass is 9.77. The van der Waals surface area contributed by atoms with E-state index in [1.165, 1.54) is 6.92 Å². The third-order valence-electron chi connectivity index (χ3n) is 5.08. The normalized spacial score (nSPS) is 30.0. The number of rotatable bonds is 2. The van der Waals surface area contributed by atoms with Crippen LogP contribution in [0.3, 0.4) is 0 Å². The van der Waals surface area contributed by atoms with Gasteiger partial charge in [0.25, 0.3) is 5.91 Å². The van der Waals surface area contributed by atoms with Gasteiger partial charge in [-0.05, 0) is 43.7 Å². The van der Waals surface area contributed by atoms with Crippen LogP contribution in [0.1, 0.15) is 35.7 Å². The van der Waals surface area contributed by atoms with E-state index in [4.69, 9.17) is 0 Å². The molecule has 3 rings (SSSR count). The molecule has 124 valence electrons. The van der Waals surface area contributed by atoms with Crippen molar-refractivity contribution < 1.29 is 14.7 Å². The van der Waals surface area contributed by atoms with Gasteiger partial charge in [-0.3, -0.25) is 9.59 Å². The summed E-state index contributed by atoms with van der Waals surface area (Å²) in [6.45, 7) is 4.86. The summed E-state index contributed by atoms with van der Waals surface area (Å²) in [5, 5.41) is 13.1. The summed E-state index contributed by atoms with van der Waals surface area (Å²) in [6, 6.07) is 7.46. The van der Waals surface area contributed by atoms with Crippen LogP contribution in [0.15, 0.2) is 24.3 Å². The van der Waals surface area contributed by atoms with E-state index in [2.05, 4.69) is 5.32 Å². The van der Waals surface area contributed by atoms with Crippen molar-refractivity contribution in [3.8, 4) is 0 Å². The molecule has 1 heterocycles. The third-order valence-corrected chi connectivity index (χ3v) is 5.08. The number of nitrogens with one attached hydrogen (secondary N) is 1. The summed E-state index contributed by atoms with van der Waals surface area (Å²) in [7, 11) is 0. The van der Waals surface area contributed by atoms with Crippen LogP contribution in [0.2, 0.25) is 0 Å². The molecule has 0 unspecified atom stereocenters. The van der Waals surface area contributed by atoms with Crippen molar-refractivity contribution in [3.63, 3.8) is 0 Å². The van der Waals surface area contributed by atoms with E-state index in [0.29, 0.717) is 31.3 Å². The molecule has 0 aromatic heterocycles. The molecule has 1 aliphatic carbocycles. The molecule has 0 spiro atoms. The second-order valence-electron chi connectivity index (χ2n) is 6.95. The number of aliphatic hydroxyl groups is 1. The maximum absolute atomic E-state index is 12.7. The molecule has 1 aromatic carbocycles. The molecule has 2 aliphatic rings. The molecular formula is C18H24N2O3. The summed E-state index contributed by atoms with van der Waals surface area (Å²) < 4.78 is 0. The smallest absolute Gasteiger partial charge is 0.253 e. The lowest BCUT2D eigenvalue weighted by Crippen LogP contribution is -2.48. The number of aryl methyl sites for hydroxylation is 1. The van der Waals surface area contributed by atoms with Crippen molar-refractivity contribution in [2.24, 2.45) is 11.8 Å². The first kappa shape index (κ1) is 16.0. The number of likely N-dealkylation sites (tertiary alicyclic amines) is 1. The number of hydrogen-bond acceptors (Lipinski definition) is 3. The van der Waals surface area contributed by atoms with Crippen molar-refractivity contribution in [1.82, 2.24) is 10.2 Å². The van der Waals surface area contributed by atoms with Crippen LogP contribution in [-0.2, 0) is 4.79 Å². The minimum atomic E-state index is -0.519. The van der Waals surface area contributed by atoms with Crippen LogP contribution in [0.5, 0.6) is 0 Å². The Bertz CT molecular complexity index is 616. The molecule has 0 radical (unpaired) electrons. The van der Waals surface area contributed by atoms with E-state index in [1.807, 2.05) is 36.1 Å². The van der Waals surface area contributed by atoms with E-state index in [0.717, 1.165) is 17.5 Å².